The van der Waals surface area contributed by atoms with Crippen molar-refractivity contribution in [1.82, 2.24) is 5.32 Å². The van der Waals surface area contributed by atoms with E-state index < -0.39 is 0 Å². The number of methoxy groups -OCH3 is 1. The highest BCUT2D eigenvalue weighted by Gasteiger charge is 2.26. The Morgan fingerprint density at radius 1 is 1.53 bits per heavy atom. The van der Waals surface area contributed by atoms with Crippen LogP contribution in [0.3, 0.4) is 0 Å². The van der Waals surface area contributed by atoms with Crippen molar-refractivity contribution in [3.05, 3.63) is 29.8 Å². The highest BCUT2D eigenvalue weighted by Crippen LogP contribution is 2.28. The van der Waals surface area contributed by atoms with Crippen molar-refractivity contribution in [2.75, 3.05) is 20.3 Å². The molecule has 0 spiro atoms. The summed E-state index contributed by atoms with van der Waals surface area (Å²) in [4.78, 5) is 0. The molecule has 1 saturated heterocycles. The molecule has 0 aromatic heterocycles. The summed E-state index contributed by atoms with van der Waals surface area (Å²) >= 11 is 0. The molecule has 0 amide bonds. The minimum Gasteiger partial charge on any atom is -0.497 e. The Kier molecular flexibility index (Phi) is 4.40. The minimum absolute atomic E-state index is 0.276. The van der Waals surface area contributed by atoms with Crippen molar-refractivity contribution in [2.24, 2.45) is 0 Å². The lowest BCUT2D eigenvalue weighted by atomic mass is 9.99. The third-order valence-electron chi connectivity index (χ3n) is 3.21. The Labute approximate surface area is 103 Å². The first-order valence-electron chi connectivity index (χ1n) is 6.34. The van der Waals surface area contributed by atoms with Crippen molar-refractivity contribution in [1.29, 1.82) is 0 Å². The normalized spacial score (nSPS) is 21.4. The molecular weight excluding hydrogens is 214 g/mol. The molecular formula is C14H21NO2. The molecule has 0 radical (unpaired) electrons. The van der Waals surface area contributed by atoms with Crippen molar-refractivity contribution in [2.45, 2.75) is 31.9 Å². The van der Waals surface area contributed by atoms with E-state index in [1.165, 1.54) is 5.56 Å². The van der Waals surface area contributed by atoms with E-state index in [9.17, 15) is 0 Å². The summed E-state index contributed by atoms with van der Waals surface area (Å²) < 4.78 is 11.1. The van der Waals surface area contributed by atoms with Crippen molar-refractivity contribution < 1.29 is 9.47 Å². The summed E-state index contributed by atoms with van der Waals surface area (Å²) in [5.41, 5.74) is 1.25. The fourth-order valence-corrected chi connectivity index (χ4v) is 2.38. The standard InChI is InChI=1S/C14H21NO2/c1-3-15-14(13-8-5-9-17-13)11-6-4-7-12(10-11)16-2/h4,6-7,10,13-15H,3,5,8-9H2,1-2H3. The molecule has 0 aliphatic carbocycles. The predicted octanol–water partition coefficient (Wildman–Crippen LogP) is 2.52. The molecule has 1 aromatic carbocycles. The fourth-order valence-electron chi connectivity index (χ4n) is 2.38. The molecule has 1 aliphatic rings. The fraction of sp³-hybridized carbons (Fsp3) is 0.571. The smallest absolute Gasteiger partial charge is 0.119 e. The third-order valence-corrected chi connectivity index (χ3v) is 3.21. The van der Waals surface area contributed by atoms with Gasteiger partial charge in [0.2, 0.25) is 0 Å². The van der Waals surface area contributed by atoms with Crippen LogP contribution in [0.2, 0.25) is 0 Å². The number of hydrogen-bond donors (Lipinski definition) is 1. The van der Waals surface area contributed by atoms with E-state index >= 15 is 0 Å². The van der Waals surface area contributed by atoms with Gasteiger partial charge in [0.25, 0.3) is 0 Å². The van der Waals surface area contributed by atoms with Crippen molar-refractivity contribution >= 4 is 0 Å². The van der Waals surface area contributed by atoms with E-state index in [4.69, 9.17) is 9.47 Å². The molecule has 1 N–H and O–H groups in total. The predicted molar refractivity (Wildman–Crippen MR) is 68.4 cm³/mol. The average molecular weight is 235 g/mol. The first kappa shape index (κ1) is 12.4. The zero-order chi connectivity index (χ0) is 12.1. The Morgan fingerprint density at radius 2 is 2.41 bits per heavy atom. The van der Waals surface area contributed by atoms with Crippen LogP contribution in [0.1, 0.15) is 31.4 Å². The second kappa shape index (κ2) is 6.03. The van der Waals surface area contributed by atoms with Crippen LogP contribution < -0.4 is 10.1 Å². The summed E-state index contributed by atoms with van der Waals surface area (Å²) in [6.45, 7) is 3.96. The van der Waals surface area contributed by atoms with E-state index in [1.54, 1.807) is 7.11 Å². The molecule has 0 saturated carbocycles. The second-order valence-corrected chi connectivity index (χ2v) is 4.36. The van der Waals surface area contributed by atoms with Crippen LogP contribution in [-0.2, 0) is 4.74 Å². The summed E-state index contributed by atoms with van der Waals surface area (Å²) in [6.07, 6.45) is 2.59. The van der Waals surface area contributed by atoms with E-state index in [0.717, 1.165) is 31.7 Å². The summed E-state index contributed by atoms with van der Waals surface area (Å²) in [6, 6.07) is 8.51. The average Bonchev–Trinajstić information content (AvgIpc) is 2.89. The zero-order valence-electron chi connectivity index (χ0n) is 10.6. The van der Waals surface area contributed by atoms with Gasteiger partial charge in [0.15, 0.2) is 0 Å². The Balaban J connectivity index is 2.18. The maximum Gasteiger partial charge on any atom is 0.119 e. The SMILES string of the molecule is CCNC(c1cccc(OC)c1)C1CCCO1. The van der Waals surface area contributed by atoms with Crippen molar-refractivity contribution in [3.63, 3.8) is 0 Å². The molecule has 2 atom stereocenters. The molecule has 1 aromatic rings. The minimum atomic E-state index is 0.276. The van der Waals surface area contributed by atoms with Gasteiger partial charge in [-0.2, -0.15) is 0 Å². The van der Waals surface area contributed by atoms with Gasteiger partial charge in [0, 0.05) is 6.61 Å². The molecule has 3 nitrogen and oxygen atoms in total. The summed E-state index contributed by atoms with van der Waals surface area (Å²) in [7, 11) is 1.70. The number of rotatable bonds is 5. The molecule has 3 heteroatoms. The van der Waals surface area contributed by atoms with Crippen LogP contribution in [0.25, 0.3) is 0 Å². The molecule has 1 fully saturated rings. The third kappa shape index (κ3) is 2.99. The first-order chi connectivity index (χ1) is 8.35. The van der Waals surface area contributed by atoms with Crippen LogP contribution in [-0.4, -0.2) is 26.4 Å². The van der Waals surface area contributed by atoms with Gasteiger partial charge in [0.1, 0.15) is 5.75 Å². The number of likely N-dealkylation sites (N-methyl/N-ethyl adjacent to an activating group) is 1. The van der Waals surface area contributed by atoms with Crippen molar-refractivity contribution in [3.8, 4) is 5.75 Å². The number of nitrogens with one attached hydrogen (secondary N) is 1. The van der Waals surface area contributed by atoms with Crippen LogP contribution in [0, 0.1) is 0 Å². The first-order valence-corrected chi connectivity index (χ1v) is 6.34. The van der Waals surface area contributed by atoms with E-state index in [1.807, 2.05) is 12.1 Å². The van der Waals surface area contributed by atoms with Gasteiger partial charge in [0.05, 0.1) is 19.3 Å². The molecule has 1 aliphatic heterocycles. The molecule has 17 heavy (non-hydrogen) atoms. The van der Waals surface area contributed by atoms with Crippen LogP contribution in [0.4, 0.5) is 0 Å². The summed E-state index contributed by atoms with van der Waals surface area (Å²) in [5, 5.41) is 3.51. The van der Waals surface area contributed by atoms with Crippen LogP contribution in [0.5, 0.6) is 5.75 Å². The summed E-state index contributed by atoms with van der Waals surface area (Å²) in [5.74, 6) is 0.906. The van der Waals surface area contributed by atoms with E-state index in [2.05, 4.69) is 24.4 Å². The quantitative estimate of drug-likeness (QED) is 0.850. The largest absolute Gasteiger partial charge is 0.497 e. The molecule has 2 unspecified atom stereocenters. The Bertz CT molecular complexity index is 348. The highest BCUT2D eigenvalue weighted by molar-refractivity contribution is 5.31. The Morgan fingerprint density at radius 3 is 3.06 bits per heavy atom. The maximum atomic E-state index is 5.79. The van der Waals surface area contributed by atoms with Crippen LogP contribution >= 0.6 is 0 Å². The van der Waals surface area contributed by atoms with Gasteiger partial charge >= 0.3 is 0 Å². The lowest BCUT2D eigenvalue weighted by molar-refractivity contribution is 0.0787. The number of hydrogen-bond acceptors (Lipinski definition) is 3. The second-order valence-electron chi connectivity index (χ2n) is 4.36. The van der Waals surface area contributed by atoms with Gasteiger partial charge in [-0.05, 0) is 37.1 Å². The maximum absolute atomic E-state index is 5.79. The molecule has 1 heterocycles. The van der Waals surface area contributed by atoms with Crippen LogP contribution in [0.15, 0.2) is 24.3 Å². The number of benzene rings is 1. The highest BCUT2D eigenvalue weighted by atomic mass is 16.5. The zero-order valence-corrected chi connectivity index (χ0v) is 10.6. The molecule has 94 valence electrons. The monoisotopic (exact) mass is 235 g/mol. The van der Waals surface area contributed by atoms with Gasteiger partial charge in [-0.1, -0.05) is 19.1 Å². The Hall–Kier alpha value is -1.06. The molecule has 0 bridgehead atoms. The topological polar surface area (TPSA) is 30.5 Å². The lowest BCUT2D eigenvalue weighted by Crippen LogP contribution is -2.31. The van der Waals surface area contributed by atoms with E-state index in [-0.39, 0.29) is 6.04 Å². The lowest BCUT2D eigenvalue weighted by Gasteiger charge is -2.24. The van der Waals surface area contributed by atoms with E-state index in [0.29, 0.717) is 6.10 Å². The van der Waals surface area contributed by atoms with Gasteiger partial charge in [-0.15, -0.1) is 0 Å². The van der Waals surface area contributed by atoms with Gasteiger partial charge < -0.3 is 14.8 Å². The van der Waals surface area contributed by atoms with Gasteiger partial charge in [-0.3, -0.25) is 0 Å². The number of ether oxygens (including phenoxy) is 2. The van der Waals surface area contributed by atoms with Gasteiger partial charge in [-0.25, -0.2) is 0 Å². The molecule has 2 rings (SSSR count).